The molecule has 1 aromatic rings. The number of benzene rings is 1. The highest BCUT2D eigenvalue weighted by Crippen LogP contribution is 2.33. The topological polar surface area (TPSA) is 50.7 Å². The zero-order chi connectivity index (χ0) is 12.7. The lowest BCUT2D eigenvalue weighted by molar-refractivity contribution is 0.149. The largest absolute Gasteiger partial charge is 0.504 e. The van der Waals surface area contributed by atoms with E-state index in [1.54, 1.807) is 12.1 Å². The van der Waals surface area contributed by atoms with E-state index < -0.39 is 0 Å². The van der Waals surface area contributed by atoms with E-state index >= 15 is 0 Å². The van der Waals surface area contributed by atoms with Gasteiger partial charge in [-0.15, -0.1) is 0 Å². The number of halogens is 1. The molecule has 0 aliphatic heterocycles. The quantitative estimate of drug-likeness (QED) is 0.737. The van der Waals surface area contributed by atoms with E-state index in [0.717, 1.165) is 6.54 Å². The van der Waals surface area contributed by atoms with Crippen molar-refractivity contribution in [3.05, 3.63) is 22.7 Å². The fourth-order valence-corrected chi connectivity index (χ4v) is 1.66. The molecule has 1 aromatic carbocycles. The van der Waals surface area contributed by atoms with Crippen LogP contribution in [0.3, 0.4) is 0 Å². The SMILES string of the molecule is CCOCCNCc1cc(Cl)cc(OC)c1O. The Balaban J connectivity index is 2.55. The Morgan fingerprint density at radius 3 is 2.82 bits per heavy atom. The Bertz CT molecular complexity index is 358. The second-order valence-electron chi connectivity index (χ2n) is 3.49. The summed E-state index contributed by atoms with van der Waals surface area (Å²) in [6, 6.07) is 3.30. The summed E-state index contributed by atoms with van der Waals surface area (Å²) in [5, 5.41) is 13.6. The Morgan fingerprint density at radius 2 is 2.18 bits per heavy atom. The highest BCUT2D eigenvalue weighted by Gasteiger charge is 2.09. The summed E-state index contributed by atoms with van der Waals surface area (Å²) in [6.45, 7) is 4.55. The van der Waals surface area contributed by atoms with Crippen molar-refractivity contribution in [2.45, 2.75) is 13.5 Å². The average molecular weight is 260 g/mol. The van der Waals surface area contributed by atoms with E-state index in [4.69, 9.17) is 21.1 Å². The molecule has 2 N–H and O–H groups in total. The number of methoxy groups -OCH3 is 1. The van der Waals surface area contributed by atoms with Crippen LogP contribution >= 0.6 is 11.6 Å². The van der Waals surface area contributed by atoms with E-state index in [9.17, 15) is 5.11 Å². The molecule has 1 rings (SSSR count). The summed E-state index contributed by atoms with van der Waals surface area (Å²) in [6.07, 6.45) is 0. The number of hydrogen-bond acceptors (Lipinski definition) is 4. The molecule has 0 aromatic heterocycles. The Morgan fingerprint density at radius 1 is 1.41 bits per heavy atom. The van der Waals surface area contributed by atoms with Gasteiger partial charge in [-0.1, -0.05) is 11.6 Å². The van der Waals surface area contributed by atoms with Crippen LogP contribution in [0.1, 0.15) is 12.5 Å². The highest BCUT2D eigenvalue weighted by molar-refractivity contribution is 6.30. The normalized spacial score (nSPS) is 10.5. The predicted molar refractivity (Wildman–Crippen MR) is 67.9 cm³/mol. The molecule has 0 heterocycles. The summed E-state index contributed by atoms with van der Waals surface area (Å²) >= 11 is 5.92. The lowest BCUT2D eigenvalue weighted by atomic mass is 10.2. The first-order chi connectivity index (χ1) is 8.19. The van der Waals surface area contributed by atoms with Crippen molar-refractivity contribution < 1.29 is 14.6 Å². The van der Waals surface area contributed by atoms with Gasteiger partial charge in [0.25, 0.3) is 0 Å². The van der Waals surface area contributed by atoms with Crippen molar-refractivity contribution in [3.63, 3.8) is 0 Å². The summed E-state index contributed by atoms with van der Waals surface area (Å²) in [7, 11) is 1.50. The summed E-state index contributed by atoms with van der Waals surface area (Å²) in [5.74, 6) is 0.514. The number of hydrogen-bond donors (Lipinski definition) is 2. The number of ether oxygens (including phenoxy) is 2. The molecule has 96 valence electrons. The third-order valence-electron chi connectivity index (χ3n) is 2.28. The lowest BCUT2D eigenvalue weighted by Crippen LogP contribution is -2.19. The molecule has 0 aliphatic carbocycles. The first kappa shape index (κ1) is 14.1. The number of rotatable bonds is 7. The minimum absolute atomic E-state index is 0.126. The second kappa shape index (κ2) is 7.37. The molecule has 0 saturated carbocycles. The van der Waals surface area contributed by atoms with E-state index in [1.807, 2.05) is 6.92 Å². The van der Waals surface area contributed by atoms with Crippen molar-refractivity contribution in [1.82, 2.24) is 5.32 Å². The van der Waals surface area contributed by atoms with Gasteiger partial charge in [-0.2, -0.15) is 0 Å². The molecule has 0 fully saturated rings. The van der Waals surface area contributed by atoms with Crippen LogP contribution in [-0.4, -0.2) is 32.0 Å². The van der Waals surface area contributed by atoms with Crippen molar-refractivity contribution in [2.24, 2.45) is 0 Å². The molecule has 0 amide bonds. The van der Waals surface area contributed by atoms with Gasteiger partial charge in [-0.25, -0.2) is 0 Å². The smallest absolute Gasteiger partial charge is 0.162 e. The van der Waals surface area contributed by atoms with Crippen molar-refractivity contribution in [3.8, 4) is 11.5 Å². The zero-order valence-corrected chi connectivity index (χ0v) is 10.9. The first-order valence-electron chi connectivity index (χ1n) is 5.52. The van der Waals surface area contributed by atoms with Crippen LogP contribution in [0.2, 0.25) is 5.02 Å². The minimum Gasteiger partial charge on any atom is -0.504 e. The van der Waals surface area contributed by atoms with Gasteiger partial charge in [-0.3, -0.25) is 0 Å². The average Bonchev–Trinajstić information content (AvgIpc) is 2.32. The van der Waals surface area contributed by atoms with Crippen LogP contribution in [0.25, 0.3) is 0 Å². The minimum atomic E-state index is 0.126. The molecular weight excluding hydrogens is 242 g/mol. The van der Waals surface area contributed by atoms with Crippen molar-refractivity contribution >= 4 is 11.6 Å². The van der Waals surface area contributed by atoms with Crippen molar-refractivity contribution in [1.29, 1.82) is 0 Å². The monoisotopic (exact) mass is 259 g/mol. The molecule has 0 atom stereocenters. The summed E-state index contributed by atoms with van der Waals surface area (Å²) in [5.41, 5.74) is 0.714. The van der Waals surface area contributed by atoms with Gasteiger partial charge >= 0.3 is 0 Å². The number of phenolic OH excluding ortho intramolecular Hbond substituents is 1. The zero-order valence-electron chi connectivity index (χ0n) is 10.1. The van der Waals surface area contributed by atoms with Gasteiger partial charge in [0, 0.05) is 36.3 Å². The van der Waals surface area contributed by atoms with Crippen molar-refractivity contribution in [2.75, 3.05) is 26.9 Å². The van der Waals surface area contributed by atoms with Crippen LogP contribution in [0.5, 0.6) is 11.5 Å². The summed E-state index contributed by atoms with van der Waals surface area (Å²) < 4.78 is 10.2. The molecule has 0 saturated heterocycles. The van der Waals surface area contributed by atoms with E-state index in [0.29, 0.717) is 36.1 Å². The van der Waals surface area contributed by atoms with Crippen LogP contribution in [0, 0.1) is 0 Å². The van der Waals surface area contributed by atoms with Gasteiger partial charge in [0.15, 0.2) is 11.5 Å². The fraction of sp³-hybridized carbons (Fsp3) is 0.500. The lowest BCUT2D eigenvalue weighted by Gasteiger charge is -2.10. The molecule has 17 heavy (non-hydrogen) atoms. The van der Waals surface area contributed by atoms with E-state index in [-0.39, 0.29) is 5.75 Å². The second-order valence-corrected chi connectivity index (χ2v) is 3.93. The molecule has 0 spiro atoms. The maximum absolute atomic E-state index is 9.86. The van der Waals surface area contributed by atoms with Crippen LogP contribution in [0.15, 0.2) is 12.1 Å². The number of aromatic hydroxyl groups is 1. The molecule has 0 unspecified atom stereocenters. The van der Waals surface area contributed by atoms with Crippen LogP contribution < -0.4 is 10.1 Å². The Kier molecular flexibility index (Phi) is 6.11. The van der Waals surface area contributed by atoms with Crippen LogP contribution in [0.4, 0.5) is 0 Å². The van der Waals surface area contributed by atoms with Gasteiger partial charge in [0.05, 0.1) is 13.7 Å². The molecule has 4 nitrogen and oxygen atoms in total. The predicted octanol–water partition coefficient (Wildman–Crippen LogP) is 2.18. The van der Waals surface area contributed by atoms with Crippen LogP contribution in [-0.2, 0) is 11.3 Å². The maximum atomic E-state index is 9.86. The Hall–Kier alpha value is -0.970. The highest BCUT2D eigenvalue weighted by atomic mass is 35.5. The number of nitrogens with one attached hydrogen (secondary N) is 1. The molecule has 0 radical (unpaired) electrons. The standard InChI is InChI=1S/C12H18ClNO3/c1-3-17-5-4-14-8-9-6-10(13)7-11(16-2)12(9)15/h6-7,14-15H,3-5,8H2,1-2H3. The molecular formula is C12H18ClNO3. The van der Waals surface area contributed by atoms with E-state index in [2.05, 4.69) is 5.32 Å². The summed E-state index contributed by atoms with van der Waals surface area (Å²) in [4.78, 5) is 0. The number of phenols is 1. The molecule has 5 heteroatoms. The van der Waals surface area contributed by atoms with Gasteiger partial charge in [0.1, 0.15) is 0 Å². The van der Waals surface area contributed by atoms with Gasteiger partial charge in [0.2, 0.25) is 0 Å². The van der Waals surface area contributed by atoms with E-state index in [1.165, 1.54) is 7.11 Å². The third-order valence-corrected chi connectivity index (χ3v) is 2.50. The maximum Gasteiger partial charge on any atom is 0.162 e. The fourth-order valence-electron chi connectivity index (χ4n) is 1.43. The third kappa shape index (κ3) is 4.42. The van der Waals surface area contributed by atoms with Gasteiger partial charge < -0.3 is 19.9 Å². The Labute approximate surface area is 106 Å². The van der Waals surface area contributed by atoms with Gasteiger partial charge in [-0.05, 0) is 13.0 Å². The molecule has 0 bridgehead atoms. The first-order valence-corrected chi connectivity index (χ1v) is 5.90. The molecule has 0 aliphatic rings.